The monoisotopic (exact) mass is 353 g/mol. The van der Waals surface area contributed by atoms with Crippen LogP contribution in [0.3, 0.4) is 0 Å². The molecule has 7 heteroatoms. The van der Waals surface area contributed by atoms with Gasteiger partial charge in [-0.2, -0.15) is 0 Å². The van der Waals surface area contributed by atoms with E-state index in [0.29, 0.717) is 18.0 Å². The van der Waals surface area contributed by atoms with Crippen molar-refractivity contribution in [3.05, 3.63) is 58.8 Å². The van der Waals surface area contributed by atoms with Crippen LogP contribution in [0.1, 0.15) is 18.4 Å². The second-order valence-electron chi connectivity index (χ2n) is 6.82. The van der Waals surface area contributed by atoms with Gasteiger partial charge in [0.05, 0.1) is 11.8 Å². The number of benzene rings is 1. The lowest BCUT2D eigenvalue weighted by molar-refractivity contribution is 0.350. The Hall–Kier alpha value is -2.83. The normalized spacial score (nSPS) is 15.5. The van der Waals surface area contributed by atoms with Crippen molar-refractivity contribution in [2.24, 2.45) is 5.92 Å². The number of rotatable bonds is 3. The lowest BCUT2D eigenvalue weighted by atomic mass is 9.96. The molecule has 0 radical (unpaired) electrons. The average molecular weight is 353 g/mol. The Morgan fingerprint density at radius 2 is 2.04 bits per heavy atom. The summed E-state index contributed by atoms with van der Waals surface area (Å²) < 4.78 is 15.3. The van der Waals surface area contributed by atoms with E-state index in [0.717, 1.165) is 42.7 Å². The highest BCUT2D eigenvalue weighted by atomic mass is 19.1. The molecule has 1 aliphatic heterocycles. The third kappa shape index (κ3) is 3.16. The predicted molar refractivity (Wildman–Crippen MR) is 97.7 cm³/mol. The standard InChI is InChI=1S/C19H20FN5O/c1-13-9-21-12-25(19(13)26)10-14-4-6-24(7-5-14)18-16-8-15(20)2-3-17(16)22-11-23-18/h2-3,8-9,11-12,14H,4-7,10H2,1H3. The summed E-state index contributed by atoms with van der Waals surface area (Å²) in [4.78, 5) is 27.1. The average Bonchev–Trinajstić information content (AvgIpc) is 2.66. The van der Waals surface area contributed by atoms with Crippen molar-refractivity contribution in [1.29, 1.82) is 0 Å². The first-order chi connectivity index (χ1) is 12.6. The molecule has 1 saturated heterocycles. The summed E-state index contributed by atoms with van der Waals surface area (Å²) in [5, 5.41) is 0.741. The third-order valence-electron chi connectivity index (χ3n) is 5.02. The number of halogens is 1. The molecule has 1 aliphatic rings. The minimum Gasteiger partial charge on any atom is -0.356 e. The number of fused-ring (bicyclic) bond motifs is 1. The summed E-state index contributed by atoms with van der Waals surface area (Å²) in [6.45, 7) is 4.11. The molecule has 0 bridgehead atoms. The van der Waals surface area contributed by atoms with E-state index >= 15 is 0 Å². The molecule has 0 saturated carbocycles. The highest BCUT2D eigenvalue weighted by Crippen LogP contribution is 2.28. The Balaban J connectivity index is 1.50. The molecule has 2 aromatic heterocycles. The van der Waals surface area contributed by atoms with Crippen LogP contribution in [0, 0.1) is 18.7 Å². The molecule has 3 heterocycles. The quantitative estimate of drug-likeness (QED) is 0.724. The largest absolute Gasteiger partial charge is 0.356 e. The molecule has 134 valence electrons. The predicted octanol–water partition coefficient (Wildman–Crippen LogP) is 2.55. The van der Waals surface area contributed by atoms with Gasteiger partial charge in [0.1, 0.15) is 18.0 Å². The van der Waals surface area contributed by atoms with Gasteiger partial charge in [-0.15, -0.1) is 0 Å². The van der Waals surface area contributed by atoms with Crippen molar-refractivity contribution in [3.8, 4) is 0 Å². The summed E-state index contributed by atoms with van der Waals surface area (Å²) in [6, 6.07) is 4.59. The smallest absolute Gasteiger partial charge is 0.256 e. The number of aryl methyl sites for hydroxylation is 1. The van der Waals surface area contributed by atoms with E-state index < -0.39 is 0 Å². The van der Waals surface area contributed by atoms with Crippen LogP contribution in [0.5, 0.6) is 0 Å². The Kier molecular flexibility index (Phi) is 4.36. The van der Waals surface area contributed by atoms with Gasteiger partial charge in [0.25, 0.3) is 5.56 Å². The SMILES string of the molecule is Cc1cncn(CC2CCN(c3ncnc4ccc(F)cc34)CC2)c1=O. The fraction of sp³-hybridized carbons (Fsp3) is 0.368. The second kappa shape index (κ2) is 6.82. The summed E-state index contributed by atoms with van der Waals surface area (Å²) >= 11 is 0. The summed E-state index contributed by atoms with van der Waals surface area (Å²) in [6.07, 6.45) is 6.63. The topological polar surface area (TPSA) is 63.9 Å². The third-order valence-corrected chi connectivity index (χ3v) is 5.02. The van der Waals surface area contributed by atoms with E-state index in [9.17, 15) is 9.18 Å². The van der Waals surface area contributed by atoms with Crippen LogP contribution < -0.4 is 10.5 Å². The number of hydrogen-bond donors (Lipinski definition) is 0. The number of anilines is 1. The van der Waals surface area contributed by atoms with Crippen LogP contribution in [0.25, 0.3) is 10.9 Å². The highest BCUT2D eigenvalue weighted by molar-refractivity contribution is 5.89. The van der Waals surface area contributed by atoms with Crippen LogP contribution in [0.15, 0.2) is 41.8 Å². The molecule has 1 fully saturated rings. The van der Waals surface area contributed by atoms with Crippen LogP contribution in [-0.4, -0.2) is 32.6 Å². The number of hydrogen-bond acceptors (Lipinski definition) is 5. The van der Waals surface area contributed by atoms with E-state index in [1.165, 1.54) is 18.5 Å². The molecule has 1 aromatic carbocycles. The van der Waals surface area contributed by atoms with E-state index in [2.05, 4.69) is 19.9 Å². The van der Waals surface area contributed by atoms with Gasteiger partial charge in [0, 0.05) is 36.8 Å². The molecule has 0 spiro atoms. The zero-order chi connectivity index (χ0) is 18.1. The fourth-order valence-corrected chi connectivity index (χ4v) is 3.56. The van der Waals surface area contributed by atoms with Crippen LogP contribution in [0.4, 0.5) is 10.2 Å². The van der Waals surface area contributed by atoms with Gasteiger partial charge in [0.2, 0.25) is 0 Å². The Bertz CT molecular complexity index is 995. The van der Waals surface area contributed by atoms with Gasteiger partial charge in [-0.3, -0.25) is 9.36 Å². The zero-order valence-corrected chi connectivity index (χ0v) is 14.6. The molecule has 0 atom stereocenters. The van der Waals surface area contributed by atoms with Gasteiger partial charge in [-0.25, -0.2) is 19.3 Å². The number of nitrogens with zero attached hydrogens (tertiary/aromatic N) is 5. The van der Waals surface area contributed by atoms with Crippen LogP contribution in [0.2, 0.25) is 0 Å². The van der Waals surface area contributed by atoms with E-state index in [1.54, 1.807) is 30.1 Å². The molecule has 0 unspecified atom stereocenters. The van der Waals surface area contributed by atoms with Crippen molar-refractivity contribution >= 4 is 16.7 Å². The zero-order valence-electron chi connectivity index (χ0n) is 14.6. The van der Waals surface area contributed by atoms with Crippen LogP contribution in [-0.2, 0) is 6.54 Å². The minimum atomic E-state index is -0.283. The van der Waals surface area contributed by atoms with E-state index in [4.69, 9.17) is 0 Å². The fourth-order valence-electron chi connectivity index (χ4n) is 3.56. The molecular formula is C19H20FN5O. The molecule has 26 heavy (non-hydrogen) atoms. The van der Waals surface area contributed by atoms with Crippen molar-refractivity contribution in [2.45, 2.75) is 26.3 Å². The first kappa shape index (κ1) is 16.6. The molecule has 0 amide bonds. The van der Waals surface area contributed by atoms with Gasteiger partial charge >= 0.3 is 0 Å². The maximum Gasteiger partial charge on any atom is 0.256 e. The van der Waals surface area contributed by atoms with Gasteiger partial charge < -0.3 is 4.90 Å². The first-order valence-corrected chi connectivity index (χ1v) is 8.78. The second-order valence-corrected chi connectivity index (χ2v) is 6.82. The van der Waals surface area contributed by atoms with Crippen molar-refractivity contribution in [2.75, 3.05) is 18.0 Å². The van der Waals surface area contributed by atoms with Gasteiger partial charge in [0.15, 0.2) is 0 Å². The maximum absolute atomic E-state index is 13.6. The minimum absolute atomic E-state index is 0.0275. The first-order valence-electron chi connectivity index (χ1n) is 8.78. The molecular weight excluding hydrogens is 333 g/mol. The van der Waals surface area contributed by atoms with Gasteiger partial charge in [-0.1, -0.05) is 0 Å². The lowest BCUT2D eigenvalue weighted by Crippen LogP contribution is -2.37. The molecule has 3 aromatic rings. The lowest BCUT2D eigenvalue weighted by Gasteiger charge is -2.33. The maximum atomic E-state index is 13.6. The van der Waals surface area contributed by atoms with Crippen molar-refractivity contribution in [1.82, 2.24) is 19.5 Å². The van der Waals surface area contributed by atoms with Gasteiger partial charge in [-0.05, 0) is 43.9 Å². The molecule has 0 N–H and O–H groups in total. The Morgan fingerprint density at radius 3 is 2.85 bits per heavy atom. The molecule has 0 aliphatic carbocycles. The van der Waals surface area contributed by atoms with E-state index in [1.807, 2.05) is 0 Å². The number of piperidine rings is 1. The summed E-state index contributed by atoms with van der Waals surface area (Å²) in [5.74, 6) is 0.912. The van der Waals surface area contributed by atoms with Crippen molar-refractivity contribution < 1.29 is 4.39 Å². The Labute approximate surface area is 150 Å². The van der Waals surface area contributed by atoms with Crippen molar-refractivity contribution in [3.63, 3.8) is 0 Å². The van der Waals surface area contributed by atoms with E-state index in [-0.39, 0.29) is 11.4 Å². The molecule has 6 nitrogen and oxygen atoms in total. The van der Waals surface area contributed by atoms with Crippen LogP contribution >= 0.6 is 0 Å². The summed E-state index contributed by atoms with van der Waals surface area (Å²) in [7, 11) is 0. The summed E-state index contributed by atoms with van der Waals surface area (Å²) in [5.41, 5.74) is 1.44. The Morgan fingerprint density at radius 1 is 1.23 bits per heavy atom. The number of aromatic nitrogens is 4. The molecule has 4 rings (SSSR count). The highest BCUT2D eigenvalue weighted by Gasteiger charge is 2.22.